The van der Waals surface area contributed by atoms with Crippen LogP contribution in [0.25, 0.3) is 0 Å². The van der Waals surface area contributed by atoms with E-state index < -0.39 is 0 Å². The molecule has 0 spiro atoms. The van der Waals surface area contributed by atoms with E-state index in [1.54, 1.807) is 26.4 Å². The van der Waals surface area contributed by atoms with Crippen LogP contribution in [0.3, 0.4) is 0 Å². The lowest BCUT2D eigenvalue weighted by Crippen LogP contribution is -2.13. The van der Waals surface area contributed by atoms with Crippen molar-refractivity contribution in [2.45, 2.75) is 25.3 Å². The Kier molecular flexibility index (Phi) is 5.74. The maximum atomic E-state index is 9.56. The Balaban J connectivity index is 2.96. The molecule has 0 heterocycles. The van der Waals surface area contributed by atoms with Gasteiger partial charge in [0.2, 0.25) is 0 Å². The molecule has 5 nitrogen and oxygen atoms in total. The van der Waals surface area contributed by atoms with Crippen molar-refractivity contribution in [1.82, 2.24) is 0 Å². The van der Waals surface area contributed by atoms with Gasteiger partial charge in [-0.3, -0.25) is 0 Å². The van der Waals surface area contributed by atoms with Crippen LogP contribution < -0.4 is 20.9 Å². The molecule has 102 valence electrons. The molecule has 1 atom stereocenters. The van der Waals surface area contributed by atoms with E-state index in [1.807, 2.05) is 0 Å². The van der Waals surface area contributed by atoms with E-state index in [9.17, 15) is 5.11 Å². The molecule has 18 heavy (non-hydrogen) atoms. The van der Waals surface area contributed by atoms with E-state index in [-0.39, 0.29) is 11.8 Å². The molecule has 5 N–H and O–H groups in total. The molecule has 0 unspecified atom stereocenters. The fourth-order valence-corrected chi connectivity index (χ4v) is 1.94. The lowest BCUT2D eigenvalue weighted by molar-refractivity contribution is 0.368. The predicted molar refractivity (Wildman–Crippen MR) is 71.0 cm³/mol. The van der Waals surface area contributed by atoms with Crippen molar-refractivity contribution < 1.29 is 14.6 Å². The number of phenolic OH excluding ortho intramolecular Hbond substituents is 1. The van der Waals surface area contributed by atoms with Gasteiger partial charge in [-0.2, -0.15) is 0 Å². The van der Waals surface area contributed by atoms with Gasteiger partial charge >= 0.3 is 0 Å². The van der Waals surface area contributed by atoms with Crippen molar-refractivity contribution in [2.24, 2.45) is 11.5 Å². The molecule has 0 aliphatic rings. The summed E-state index contributed by atoms with van der Waals surface area (Å²) in [6.45, 7) is 0.663. The monoisotopic (exact) mass is 254 g/mol. The number of ether oxygens (including phenoxy) is 2. The fourth-order valence-electron chi connectivity index (χ4n) is 1.94. The highest BCUT2D eigenvalue weighted by atomic mass is 16.5. The molecule has 0 aliphatic heterocycles. The van der Waals surface area contributed by atoms with Crippen LogP contribution in [0.1, 0.15) is 30.9 Å². The summed E-state index contributed by atoms with van der Waals surface area (Å²) in [6, 6.07) is 2.89. The summed E-state index contributed by atoms with van der Waals surface area (Å²) in [7, 11) is 3.09. The molecule has 1 rings (SSSR count). The first kappa shape index (κ1) is 14.6. The van der Waals surface area contributed by atoms with Crippen molar-refractivity contribution in [1.29, 1.82) is 0 Å². The van der Waals surface area contributed by atoms with Crippen LogP contribution in [0.5, 0.6) is 17.2 Å². The number of aromatic hydroxyl groups is 1. The van der Waals surface area contributed by atoms with Gasteiger partial charge < -0.3 is 26.0 Å². The average Bonchev–Trinajstić information content (AvgIpc) is 2.37. The minimum Gasteiger partial charge on any atom is -0.508 e. The number of methoxy groups -OCH3 is 2. The molecule has 0 aliphatic carbocycles. The Hall–Kier alpha value is -1.46. The van der Waals surface area contributed by atoms with Gasteiger partial charge in [0.25, 0.3) is 0 Å². The van der Waals surface area contributed by atoms with Gasteiger partial charge in [0.15, 0.2) is 0 Å². The maximum Gasteiger partial charge on any atom is 0.131 e. The Morgan fingerprint density at radius 1 is 1.17 bits per heavy atom. The summed E-state index contributed by atoms with van der Waals surface area (Å²) < 4.78 is 10.5. The largest absolute Gasteiger partial charge is 0.508 e. The maximum absolute atomic E-state index is 9.56. The van der Waals surface area contributed by atoms with Crippen molar-refractivity contribution in [2.75, 3.05) is 20.8 Å². The molecule has 0 aromatic heterocycles. The quantitative estimate of drug-likeness (QED) is 0.642. The third-order valence-electron chi connectivity index (χ3n) is 2.87. The van der Waals surface area contributed by atoms with Crippen molar-refractivity contribution in [3.8, 4) is 17.2 Å². The molecule has 1 aromatic carbocycles. The van der Waals surface area contributed by atoms with Gasteiger partial charge in [-0.25, -0.2) is 0 Å². The number of benzene rings is 1. The highest BCUT2D eigenvalue weighted by Gasteiger charge is 2.18. The van der Waals surface area contributed by atoms with Crippen LogP contribution in [0, 0.1) is 0 Å². The van der Waals surface area contributed by atoms with Crippen LogP contribution in [0.2, 0.25) is 0 Å². The second-order valence-corrected chi connectivity index (χ2v) is 4.15. The van der Waals surface area contributed by atoms with Gasteiger partial charge in [-0.1, -0.05) is 6.42 Å². The van der Waals surface area contributed by atoms with Crippen LogP contribution >= 0.6 is 0 Å². The van der Waals surface area contributed by atoms with Crippen LogP contribution in [0.4, 0.5) is 0 Å². The zero-order valence-electron chi connectivity index (χ0n) is 11.0. The number of hydrogen-bond donors (Lipinski definition) is 3. The number of unbranched alkanes of at least 4 members (excludes halogenated alkanes) is 1. The predicted octanol–water partition coefficient (Wildman–Crippen LogP) is 1.54. The molecular formula is C13H22N2O3. The van der Waals surface area contributed by atoms with Gasteiger partial charge in [0, 0.05) is 18.2 Å². The Bertz CT molecular complexity index is 357. The van der Waals surface area contributed by atoms with Gasteiger partial charge in [-0.05, 0) is 19.4 Å². The topological polar surface area (TPSA) is 90.7 Å². The van der Waals surface area contributed by atoms with Gasteiger partial charge in [0.05, 0.1) is 19.8 Å². The molecule has 5 heteroatoms. The van der Waals surface area contributed by atoms with E-state index >= 15 is 0 Å². The lowest BCUT2D eigenvalue weighted by Gasteiger charge is -2.19. The Morgan fingerprint density at radius 2 is 1.72 bits per heavy atom. The second-order valence-electron chi connectivity index (χ2n) is 4.15. The van der Waals surface area contributed by atoms with E-state index in [2.05, 4.69) is 0 Å². The van der Waals surface area contributed by atoms with Crippen LogP contribution in [-0.2, 0) is 0 Å². The fraction of sp³-hybridized carbons (Fsp3) is 0.538. The standard InChI is InChI=1S/C13H22N2O3/c1-17-11-7-9(16)8-12(18-2)13(11)10(15)5-3-4-6-14/h7-8,10,16H,3-6,14-15H2,1-2H3/t10-/m1/s1. The summed E-state index contributed by atoms with van der Waals surface area (Å²) in [6.07, 6.45) is 2.69. The summed E-state index contributed by atoms with van der Waals surface area (Å²) in [5, 5.41) is 9.56. The first-order valence-corrected chi connectivity index (χ1v) is 6.04. The number of nitrogens with two attached hydrogens (primary N) is 2. The molecule has 0 amide bonds. The minimum absolute atomic E-state index is 0.0987. The van der Waals surface area contributed by atoms with Gasteiger partial charge in [-0.15, -0.1) is 0 Å². The third-order valence-corrected chi connectivity index (χ3v) is 2.87. The zero-order chi connectivity index (χ0) is 13.5. The highest BCUT2D eigenvalue weighted by molar-refractivity contribution is 5.51. The summed E-state index contributed by atoms with van der Waals surface area (Å²) in [4.78, 5) is 0. The normalized spacial score (nSPS) is 12.2. The van der Waals surface area contributed by atoms with Crippen molar-refractivity contribution in [3.05, 3.63) is 17.7 Å². The molecule has 0 radical (unpaired) electrons. The number of rotatable bonds is 7. The summed E-state index contributed by atoms with van der Waals surface area (Å²) >= 11 is 0. The van der Waals surface area contributed by atoms with Crippen molar-refractivity contribution >= 4 is 0 Å². The van der Waals surface area contributed by atoms with Crippen LogP contribution in [0.15, 0.2) is 12.1 Å². The molecule has 0 saturated carbocycles. The third kappa shape index (κ3) is 3.51. The lowest BCUT2D eigenvalue weighted by atomic mass is 9.99. The Labute approximate surface area is 108 Å². The molecule has 0 fully saturated rings. The minimum atomic E-state index is -0.193. The van der Waals surface area contributed by atoms with E-state index in [0.29, 0.717) is 18.0 Å². The molecule has 0 bridgehead atoms. The Morgan fingerprint density at radius 3 is 2.17 bits per heavy atom. The highest BCUT2D eigenvalue weighted by Crippen LogP contribution is 2.38. The smallest absolute Gasteiger partial charge is 0.131 e. The summed E-state index contributed by atoms with van der Waals surface area (Å²) in [5.74, 6) is 1.20. The average molecular weight is 254 g/mol. The first-order chi connectivity index (χ1) is 8.63. The number of phenols is 1. The SMILES string of the molecule is COc1cc(O)cc(OC)c1[C@H](N)CCCCN. The first-order valence-electron chi connectivity index (χ1n) is 6.04. The second kappa shape index (κ2) is 7.08. The molecule has 0 saturated heterocycles. The van der Waals surface area contributed by atoms with E-state index in [0.717, 1.165) is 24.8 Å². The molecular weight excluding hydrogens is 232 g/mol. The van der Waals surface area contributed by atoms with E-state index in [4.69, 9.17) is 20.9 Å². The van der Waals surface area contributed by atoms with Gasteiger partial charge in [0.1, 0.15) is 17.2 Å². The van der Waals surface area contributed by atoms with Crippen LogP contribution in [-0.4, -0.2) is 25.9 Å². The van der Waals surface area contributed by atoms with E-state index in [1.165, 1.54) is 0 Å². The molecule has 1 aromatic rings. The van der Waals surface area contributed by atoms with Crippen molar-refractivity contribution in [3.63, 3.8) is 0 Å². The number of hydrogen-bond acceptors (Lipinski definition) is 5. The summed E-state index contributed by atoms with van der Waals surface area (Å²) in [5.41, 5.74) is 12.4. The zero-order valence-corrected chi connectivity index (χ0v) is 11.0.